The number of amidine groups is 1. The quantitative estimate of drug-likeness (QED) is 0.679. The van der Waals surface area contributed by atoms with Crippen LogP contribution >= 0.6 is 0 Å². The zero-order valence-electron chi connectivity index (χ0n) is 7.18. The molecular formula is C9H11N3O. The molecule has 4 heteroatoms. The van der Waals surface area contributed by atoms with Crippen molar-refractivity contribution >= 4 is 5.84 Å². The van der Waals surface area contributed by atoms with Crippen LogP contribution in [0.2, 0.25) is 0 Å². The Morgan fingerprint density at radius 1 is 1.54 bits per heavy atom. The van der Waals surface area contributed by atoms with E-state index in [9.17, 15) is 0 Å². The zero-order chi connectivity index (χ0) is 9.10. The summed E-state index contributed by atoms with van der Waals surface area (Å²) in [4.78, 5) is 8.30. The molecule has 0 saturated carbocycles. The summed E-state index contributed by atoms with van der Waals surface area (Å²) in [5.41, 5.74) is 6.61. The molecule has 4 nitrogen and oxygen atoms in total. The molecule has 2 rings (SSSR count). The topological polar surface area (TPSA) is 60.5 Å². The lowest BCUT2D eigenvalue weighted by Gasteiger charge is -2.18. The van der Waals surface area contributed by atoms with Gasteiger partial charge in [0.2, 0.25) is 0 Å². The molecule has 2 heterocycles. The molecule has 0 unspecified atom stereocenters. The van der Waals surface area contributed by atoms with Crippen molar-refractivity contribution in [1.29, 1.82) is 0 Å². The minimum atomic E-state index is 0.0162. The standard InChI is InChI=1S/C9H11N3O/c10-9-6-13-5-8(12-9)7-2-1-3-11-4-7/h1-4,8H,5-6H2,(H2,10,12)/t8-/m0/s1. The summed E-state index contributed by atoms with van der Waals surface area (Å²) in [5.74, 6) is 0.556. The van der Waals surface area contributed by atoms with E-state index < -0.39 is 0 Å². The van der Waals surface area contributed by atoms with Crippen LogP contribution in [0, 0.1) is 0 Å². The van der Waals surface area contributed by atoms with Crippen molar-refractivity contribution in [3.05, 3.63) is 30.1 Å². The summed E-state index contributed by atoms with van der Waals surface area (Å²) < 4.78 is 5.27. The van der Waals surface area contributed by atoms with E-state index in [0.717, 1.165) is 5.56 Å². The summed E-state index contributed by atoms with van der Waals surface area (Å²) in [6.45, 7) is 1.03. The summed E-state index contributed by atoms with van der Waals surface area (Å²) in [5, 5.41) is 0. The van der Waals surface area contributed by atoms with Crippen molar-refractivity contribution in [1.82, 2.24) is 4.98 Å². The Hall–Kier alpha value is -1.42. The minimum absolute atomic E-state index is 0.0162. The van der Waals surface area contributed by atoms with Crippen LogP contribution < -0.4 is 5.73 Å². The average Bonchev–Trinajstić information content (AvgIpc) is 2.19. The highest BCUT2D eigenvalue weighted by atomic mass is 16.5. The fraction of sp³-hybridized carbons (Fsp3) is 0.333. The van der Waals surface area contributed by atoms with E-state index in [1.54, 1.807) is 12.4 Å². The van der Waals surface area contributed by atoms with Gasteiger partial charge >= 0.3 is 0 Å². The number of pyridine rings is 1. The predicted molar refractivity (Wildman–Crippen MR) is 49.4 cm³/mol. The second-order valence-corrected chi connectivity index (χ2v) is 2.94. The third-order valence-corrected chi connectivity index (χ3v) is 1.92. The SMILES string of the molecule is NC1=N[C@H](c2cccnc2)COC1. The number of nitrogens with zero attached hydrogens (tertiary/aromatic N) is 2. The Bertz CT molecular complexity index is 310. The van der Waals surface area contributed by atoms with Crippen LogP contribution in [0.1, 0.15) is 11.6 Å². The molecule has 1 aliphatic heterocycles. The monoisotopic (exact) mass is 177 g/mol. The van der Waals surface area contributed by atoms with E-state index >= 15 is 0 Å². The van der Waals surface area contributed by atoms with Gasteiger partial charge in [0.1, 0.15) is 18.5 Å². The first-order valence-corrected chi connectivity index (χ1v) is 4.16. The molecule has 0 fully saturated rings. The summed E-state index contributed by atoms with van der Waals surface area (Å²) in [7, 11) is 0. The Morgan fingerprint density at radius 2 is 2.46 bits per heavy atom. The van der Waals surface area contributed by atoms with Crippen LogP contribution in [-0.2, 0) is 4.74 Å². The van der Waals surface area contributed by atoms with Gasteiger partial charge in [-0.25, -0.2) is 0 Å². The molecule has 1 aromatic rings. The lowest BCUT2D eigenvalue weighted by Crippen LogP contribution is -2.27. The van der Waals surface area contributed by atoms with E-state index in [1.807, 2.05) is 12.1 Å². The van der Waals surface area contributed by atoms with Crippen molar-refractivity contribution in [2.24, 2.45) is 10.7 Å². The second-order valence-electron chi connectivity index (χ2n) is 2.94. The van der Waals surface area contributed by atoms with Crippen molar-refractivity contribution in [3.8, 4) is 0 Å². The van der Waals surface area contributed by atoms with E-state index in [4.69, 9.17) is 10.5 Å². The number of hydrogen-bond acceptors (Lipinski definition) is 4. The molecule has 0 radical (unpaired) electrons. The number of nitrogens with two attached hydrogens (primary N) is 1. The van der Waals surface area contributed by atoms with Crippen LogP contribution in [0.5, 0.6) is 0 Å². The smallest absolute Gasteiger partial charge is 0.121 e. The number of aromatic nitrogens is 1. The molecule has 0 spiro atoms. The maximum Gasteiger partial charge on any atom is 0.121 e. The molecule has 68 valence electrons. The van der Waals surface area contributed by atoms with Crippen molar-refractivity contribution in [3.63, 3.8) is 0 Å². The molecule has 2 N–H and O–H groups in total. The molecule has 0 amide bonds. The second kappa shape index (κ2) is 3.53. The lowest BCUT2D eigenvalue weighted by molar-refractivity contribution is 0.143. The van der Waals surface area contributed by atoms with Gasteiger partial charge in [-0.2, -0.15) is 0 Å². The van der Waals surface area contributed by atoms with Gasteiger partial charge in [-0.1, -0.05) is 6.07 Å². The van der Waals surface area contributed by atoms with Gasteiger partial charge in [0, 0.05) is 12.4 Å². The van der Waals surface area contributed by atoms with Crippen LogP contribution in [0.4, 0.5) is 0 Å². The normalized spacial score (nSPS) is 22.5. The van der Waals surface area contributed by atoms with Crippen molar-refractivity contribution in [2.75, 3.05) is 13.2 Å². The van der Waals surface area contributed by atoms with Gasteiger partial charge in [-0.15, -0.1) is 0 Å². The predicted octanol–water partition coefficient (Wildman–Crippen LogP) is 0.510. The maximum atomic E-state index is 5.57. The van der Waals surface area contributed by atoms with Crippen molar-refractivity contribution < 1.29 is 4.74 Å². The van der Waals surface area contributed by atoms with E-state index in [2.05, 4.69) is 9.98 Å². The van der Waals surface area contributed by atoms with Crippen LogP contribution in [0.15, 0.2) is 29.5 Å². The molecule has 0 aromatic carbocycles. The van der Waals surface area contributed by atoms with Crippen LogP contribution in [0.25, 0.3) is 0 Å². The van der Waals surface area contributed by atoms with Gasteiger partial charge < -0.3 is 10.5 Å². The van der Waals surface area contributed by atoms with Crippen LogP contribution in [-0.4, -0.2) is 24.0 Å². The Morgan fingerprint density at radius 3 is 3.15 bits per heavy atom. The molecule has 1 aliphatic rings. The molecular weight excluding hydrogens is 166 g/mol. The van der Waals surface area contributed by atoms with Gasteiger partial charge in [0.15, 0.2) is 0 Å². The first kappa shape index (κ1) is 8.19. The van der Waals surface area contributed by atoms with E-state index in [-0.39, 0.29) is 6.04 Å². The van der Waals surface area contributed by atoms with Gasteiger partial charge in [0.25, 0.3) is 0 Å². The summed E-state index contributed by atoms with van der Waals surface area (Å²) in [6, 6.07) is 3.88. The first-order valence-electron chi connectivity index (χ1n) is 4.16. The zero-order valence-corrected chi connectivity index (χ0v) is 7.18. The molecule has 0 aliphatic carbocycles. The fourth-order valence-corrected chi connectivity index (χ4v) is 1.29. The minimum Gasteiger partial charge on any atom is -0.386 e. The Kier molecular flexibility index (Phi) is 2.23. The first-order chi connectivity index (χ1) is 6.36. The summed E-state index contributed by atoms with van der Waals surface area (Å²) in [6.07, 6.45) is 3.52. The lowest BCUT2D eigenvalue weighted by atomic mass is 10.1. The Balaban J connectivity index is 2.22. The average molecular weight is 177 g/mol. The highest BCUT2D eigenvalue weighted by Gasteiger charge is 2.15. The number of ether oxygens (including phenoxy) is 1. The molecule has 1 aromatic heterocycles. The third-order valence-electron chi connectivity index (χ3n) is 1.92. The van der Waals surface area contributed by atoms with Gasteiger partial charge in [-0.3, -0.25) is 9.98 Å². The summed E-state index contributed by atoms with van der Waals surface area (Å²) >= 11 is 0. The molecule has 0 bridgehead atoms. The van der Waals surface area contributed by atoms with Crippen molar-refractivity contribution in [2.45, 2.75) is 6.04 Å². The van der Waals surface area contributed by atoms with Gasteiger partial charge in [0.05, 0.1) is 6.61 Å². The van der Waals surface area contributed by atoms with E-state index in [1.165, 1.54) is 0 Å². The van der Waals surface area contributed by atoms with E-state index in [0.29, 0.717) is 19.0 Å². The van der Waals surface area contributed by atoms with Gasteiger partial charge in [-0.05, 0) is 11.6 Å². The molecule has 0 saturated heterocycles. The highest BCUT2D eigenvalue weighted by Crippen LogP contribution is 2.18. The fourth-order valence-electron chi connectivity index (χ4n) is 1.29. The number of aliphatic imine (C=N–C) groups is 1. The maximum absolute atomic E-state index is 5.57. The number of hydrogen-bond donors (Lipinski definition) is 1. The van der Waals surface area contributed by atoms with Crippen LogP contribution in [0.3, 0.4) is 0 Å². The molecule has 1 atom stereocenters. The third kappa shape index (κ3) is 1.84. The highest BCUT2D eigenvalue weighted by molar-refractivity contribution is 5.82. The largest absolute Gasteiger partial charge is 0.386 e. The Labute approximate surface area is 76.5 Å². The number of rotatable bonds is 1. The molecule has 13 heavy (non-hydrogen) atoms.